The van der Waals surface area contributed by atoms with E-state index in [4.69, 9.17) is 19.9 Å². The molecular weight excluding hydrogens is 312 g/mol. The molecule has 1 fully saturated rings. The molecule has 0 saturated carbocycles. The van der Waals surface area contributed by atoms with Crippen molar-refractivity contribution in [2.45, 2.75) is 37.5 Å². The average Bonchev–Trinajstić information content (AvgIpc) is 2.58. The predicted molar refractivity (Wildman–Crippen MR) is 86.8 cm³/mol. The van der Waals surface area contributed by atoms with E-state index in [2.05, 4.69) is 0 Å². The number of esters is 1. The highest BCUT2D eigenvalue weighted by molar-refractivity contribution is 5.98. The zero-order valence-corrected chi connectivity index (χ0v) is 13.9. The first-order valence-electron chi connectivity index (χ1n) is 8.01. The molecule has 1 aromatic carbocycles. The summed E-state index contributed by atoms with van der Waals surface area (Å²) < 4.78 is 16.5. The molecule has 2 aliphatic rings. The molecule has 0 bridgehead atoms. The van der Waals surface area contributed by atoms with Crippen molar-refractivity contribution in [3.05, 3.63) is 23.8 Å². The molecule has 0 unspecified atom stereocenters. The van der Waals surface area contributed by atoms with Crippen molar-refractivity contribution < 1.29 is 23.8 Å². The molecule has 3 rings (SSSR count). The summed E-state index contributed by atoms with van der Waals surface area (Å²) in [6.45, 7) is 0.316. The summed E-state index contributed by atoms with van der Waals surface area (Å²) in [5, 5.41) is 0. The molecule has 24 heavy (non-hydrogen) atoms. The average molecular weight is 334 g/mol. The van der Waals surface area contributed by atoms with Crippen LogP contribution in [0.3, 0.4) is 0 Å². The van der Waals surface area contributed by atoms with E-state index in [0.717, 1.165) is 6.42 Å². The minimum absolute atomic E-state index is 0.0963. The van der Waals surface area contributed by atoms with Gasteiger partial charge in [0.25, 0.3) is 5.91 Å². The second-order valence-corrected chi connectivity index (χ2v) is 6.20. The number of nitrogens with two attached hydrogens (primary N) is 1. The second kappa shape index (κ2) is 6.68. The molecule has 0 radical (unpaired) electrons. The van der Waals surface area contributed by atoms with Crippen molar-refractivity contribution in [2.75, 3.05) is 26.5 Å². The fourth-order valence-corrected chi connectivity index (χ4v) is 3.31. The maximum absolute atomic E-state index is 12.8. The van der Waals surface area contributed by atoms with Crippen LogP contribution in [0.2, 0.25) is 0 Å². The number of carbonyl (C=O) groups excluding carboxylic acids is 2. The Morgan fingerprint density at radius 3 is 2.96 bits per heavy atom. The van der Waals surface area contributed by atoms with E-state index in [1.807, 2.05) is 0 Å². The van der Waals surface area contributed by atoms with Gasteiger partial charge in [-0.3, -0.25) is 9.59 Å². The second-order valence-electron chi connectivity index (χ2n) is 6.20. The third-order valence-corrected chi connectivity index (χ3v) is 4.66. The van der Waals surface area contributed by atoms with Crippen LogP contribution in [-0.4, -0.2) is 55.8 Å². The van der Waals surface area contributed by atoms with Gasteiger partial charge in [0.2, 0.25) is 0 Å². The molecule has 1 aromatic rings. The summed E-state index contributed by atoms with van der Waals surface area (Å²) in [6.07, 6.45) is 1.15. The van der Waals surface area contributed by atoms with Gasteiger partial charge >= 0.3 is 5.97 Å². The third-order valence-electron chi connectivity index (χ3n) is 4.66. The van der Waals surface area contributed by atoms with Gasteiger partial charge in [-0.15, -0.1) is 0 Å². The van der Waals surface area contributed by atoms with Crippen LogP contribution in [0.15, 0.2) is 18.2 Å². The van der Waals surface area contributed by atoms with Crippen LogP contribution in [0.5, 0.6) is 5.75 Å². The van der Waals surface area contributed by atoms with Crippen LogP contribution in [0.25, 0.3) is 0 Å². The molecular formula is C17H22N2O5. The SMILES string of the molecule is COC(=O)C[C@@H]1CC[C@@H]2[C@@H](COc3ccc(N)cc3C(=O)N2C)O1. The van der Waals surface area contributed by atoms with E-state index in [1.165, 1.54) is 7.11 Å². The summed E-state index contributed by atoms with van der Waals surface area (Å²) in [5.41, 5.74) is 6.78. The number of likely N-dealkylation sites (N-methyl/N-ethyl adjacent to an activating group) is 1. The smallest absolute Gasteiger partial charge is 0.308 e. The fourth-order valence-electron chi connectivity index (χ4n) is 3.31. The van der Waals surface area contributed by atoms with Crippen LogP contribution < -0.4 is 10.5 Å². The predicted octanol–water partition coefficient (Wildman–Crippen LogP) is 1.21. The van der Waals surface area contributed by atoms with Gasteiger partial charge in [-0.05, 0) is 31.0 Å². The molecule has 3 atom stereocenters. The highest BCUT2D eigenvalue weighted by Gasteiger charge is 2.39. The van der Waals surface area contributed by atoms with E-state index in [-0.39, 0.29) is 36.5 Å². The lowest BCUT2D eigenvalue weighted by atomic mass is 9.94. The van der Waals surface area contributed by atoms with Gasteiger partial charge in [-0.2, -0.15) is 0 Å². The van der Waals surface area contributed by atoms with Crippen molar-refractivity contribution >= 4 is 17.6 Å². The zero-order valence-electron chi connectivity index (χ0n) is 13.9. The highest BCUT2D eigenvalue weighted by Crippen LogP contribution is 2.32. The lowest BCUT2D eigenvalue weighted by molar-refractivity contribution is -0.151. The molecule has 0 spiro atoms. The molecule has 2 N–H and O–H groups in total. The number of carbonyl (C=O) groups is 2. The summed E-state index contributed by atoms with van der Waals surface area (Å²) in [6, 6.07) is 4.94. The van der Waals surface area contributed by atoms with E-state index >= 15 is 0 Å². The molecule has 0 aliphatic carbocycles. The Bertz CT molecular complexity index is 648. The first-order chi connectivity index (χ1) is 11.5. The number of hydrogen-bond donors (Lipinski definition) is 1. The molecule has 7 nitrogen and oxygen atoms in total. The Balaban J connectivity index is 1.81. The lowest BCUT2D eigenvalue weighted by Crippen LogP contribution is -2.53. The van der Waals surface area contributed by atoms with Gasteiger partial charge in [-0.25, -0.2) is 0 Å². The van der Waals surface area contributed by atoms with Crippen LogP contribution >= 0.6 is 0 Å². The van der Waals surface area contributed by atoms with Crippen LogP contribution in [0.1, 0.15) is 29.6 Å². The third kappa shape index (κ3) is 3.17. The number of amides is 1. The van der Waals surface area contributed by atoms with Crippen molar-refractivity contribution in [3.63, 3.8) is 0 Å². The number of nitrogen functional groups attached to an aromatic ring is 1. The van der Waals surface area contributed by atoms with Crippen molar-refractivity contribution in [1.29, 1.82) is 0 Å². The zero-order chi connectivity index (χ0) is 17.3. The van der Waals surface area contributed by atoms with Gasteiger partial charge in [0.05, 0.1) is 31.2 Å². The van der Waals surface area contributed by atoms with Gasteiger partial charge in [-0.1, -0.05) is 0 Å². The molecule has 0 aromatic heterocycles. The van der Waals surface area contributed by atoms with E-state index in [1.54, 1.807) is 30.1 Å². The molecule has 2 heterocycles. The number of benzene rings is 1. The number of methoxy groups -OCH3 is 1. The van der Waals surface area contributed by atoms with Crippen molar-refractivity contribution in [3.8, 4) is 5.75 Å². The molecule has 130 valence electrons. The standard InChI is InChI=1S/C17H22N2O5/c1-19-13-5-4-11(8-16(20)22-2)24-15(13)9-23-14-6-3-10(18)7-12(14)17(19)21/h3,6-7,11,13,15H,4-5,8-9,18H2,1-2H3/t11-,13+,15+/m0/s1. The van der Waals surface area contributed by atoms with Crippen molar-refractivity contribution in [1.82, 2.24) is 4.90 Å². The largest absolute Gasteiger partial charge is 0.490 e. The Labute approximate surface area is 140 Å². The van der Waals surface area contributed by atoms with Crippen molar-refractivity contribution in [2.24, 2.45) is 0 Å². The maximum atomic E-state index is 12.8. The number of hydrogen-bond acceptors (Lipinski definition) is 6. The number of rotatable bonds is 2. The topological polar surface area (TPSA) is 91.1 Å². The van der Waals surface area contributed by atoms with Gasteiger partial charge in [0.1, 0.15) is 18.5 Å². The first-order valence-corrected chi connectivity index (χ1v) is 8.01. The highest BCUT2D eigenvalue weighted by atomic mass is 16.5. The van der Waals surface area contributed by atoms with Crippen LogP contribution in [-0.2, 0) is 14.3 Å². The lowest BCUT2D eigenvalue weighted by Gasteiger charge is -2.42. The Kier molecular flexibility index (Phi) is 4.62. The Morgan fingerprint density at radius 2 is 2.21 bits per heavy atom. The van der Waals surface area contributed by atoms with Gasteiger partial charge in [0.15, 0.2) is 0 Å². The first kappa shape index (κ1) is 16.6. The quantitative estimate of drug-likeness (QED) is 0.646. The van der Waals surface area contributed by atoms with Crippen LogP contribution in [0.4, 0.5) is 5.69 Å². The molecule has 2 aliphatic heterocycles. The van der Waals surface area contributed by atoms with Crippen LogP contribution in [0, 0.1) is 0 Å². The fraction of sp³-hybridized carbons (Fsp3) is 0.529. The number of fused-ring (bicyclic) bond motifs is 2. The number of ether oxygens (including phenoxy) is 3. The maximum Gasteiger partial charge on any atom is 0.308 e. The molecule has 1 amide bonds. The number of nitrogens with zero attached hydrogens (tertiary/aromatic N) is 1. The minimum Gasteiger partial charge on any atom is -0.490 e. The van der Waals surface area contributed by atoms with E-state index in [0.29, 0.717) is 30.0 Å². The molecule has 1 saturated heterocycles. The van der Waals surface area contributed by atoms with Gasteiger partial charge < -0.3 is 24.8 Å². The monoisotopic (exact) mass is 334 g/mol. The van der Waals surface area contributed by atoms with E-state index < -0.39 is 0 Å². The van der Waals surface area contributed by atoms with E-state index in [9.17, 15) is 9.59 Å². The Hall–Kier alpha value is -2.28. The summed E-state index contributed by atoms with van der Waals surface area (Å²) >= 11 is 0. The minimum atomic E-state index is -0.296. The Morgan fingerprint density at radius 1 is 1.42 bits per heavy atom. The summed E-state index contributed by atoms with van der Waals surface area (Å²) in [4.78, 5) is 25.9. The van der Waals surface area contributed by atoms with Gasteiger partial charge in [0, 0.05) is 12.7 Å². The number of anilines is 1. The molecule has 7 heteroatoms. The normalized spacial score (nSPS) is 26.5. The summed E-state index contributed by atoms with van der Waals surface area (Å²) in [7, 11) is 3.13. The summed E-state index contributed by atoms with van der Waals surface area (Å²) in [5.74, 6) is 0.0654.